The second kappa shape index (κ2) is 9.58. The number of pyridine rings is 1. The smallest absolute Gasteiger partial charge is 0.408 e. The molecule has 0 aliphatic rings. The molecule has 0 aliphatic heterocycles. The van der Waals surface area contributed by atoms with Gasteiger partial charge in [-0.15, -0.1) is 4.57 Å². The van der Waals surface area contributed by atoms with Crippen LogP contribution in [-0.2, 0) is 19.1 Å². The number of rotatable bonds is 5. The van der Waals surface area contributed by atoms with Crippen LogP contribution in [0.5, 0.6) is 0 Å². The molecule has 0 saturated heterocycles. The van der Waals surface area contributed by atoms with Gasteiger partial charge in [0, 0.05) is 16.3 Å². The molecule has 0 aliphatic carbocycles. The van der Waals surface area contributed by atoms with Gasteiger partial charge in [0.05, 0.1) is 19.8 Å². The van der Waals surface area contributed by atoms with Crippen molar-refractivity contribution in [2.24, 2.45) is 0 Å². The van der Waals surface area contributed by atoms with Gasteiger partial charge in [-0.05, 0) is 30.7 Å². The van der Waals surface area contributed by atoms with E-state index in [9.17, 15) is 14.7 Å². The molecule has 1 heterocycles. The summed E-state index contributed by atoms with van der Waals surface area (Å²) >= 11 is 0. The highest BCUT2D eigenvalue weighted by Gasteiger charge is 2.36. The number of aromatic nitrogens is 1. The summed E-state index contributed by atoms with van der Waals surface area (Å²) in [5.41, 5.74) is 3.91. The van der Waals surface area contributed by atoms with Gasteiger partial charge in [-0.2, -0.15) is 0 Å². The maximum Gasteiger partial charge on any atom is 0.408 e. The van der Waals surface area contributed by atoms with E-state index in [1.807, 2.05) is 85.8 Å². The molecule has 0 bridgehead atoms. The molecule has 0 atom stereocenters. The van der Waals surface area contributed by atoms with Crippen molar-refractivity contribution in [1.82, 2.24) is 0 Å². The third kappa shape index (κ3) is 4.13. The summed E-state index contributed by atoms with van der Waals surface area (Å²) in [4.78, 5) is 25.2. The summed E-state index contributed by atoms with van der Waals surface area (Å²) in [5.74, 6) is -2.77. The molecule has 0 unspecified atom stereocenters. The monoisotopic (exact) mass is 454 g/mol. The Morgan fingerprint density at radius 3 is 2.03 bits per heavy atom. The fraction of sp³-hybridized carbons (Fsp3) is 0.107. The van der Waals surface area contributed by atoms with Crippen molar-refractivity contribution >= 4 is 28.4 Å². The molecule has 0 radical (unpaired) electrons. The van der Waals surface area contributed by atoms with E-state index in [1.54, 1.807) is 6.20 Å². The lowest BCUT2D eigenvalue weighted by Gasteiger charge is -2.15. The molecule has 170 valence electrons. The van der Waals surface area contributed by atoms with Crippen LogP contribution in [0.4, 0.5) is 0 Å². The number of hydrogen-bond donors (Lipinski definition) is 1. The van der Waals surface area contributed by atoms with Crippen LogP contribution in [0.1, 0.15) is 5.56 Å². The van der Waals surface area contributed by atoms with Crippen LogP contribution in [0.3, 0.4) is 0 Å². The van der Waals surface area contributed by atoms with Crippen molar-refractivity contribution in [3.8, 4) is 22.4 Å². The molecule has 0 fully saturated rings. The minimum absolute atomic E-state index is 0.340. The Hall–Kier alpha value is -4.45. The van der Waals surface area contributed by atoms with E-state index >= 15 is 0 Å². The standard InChI is InChI=1S/C28H23NO5/c1-18-13-15-19(16-14-18)23-22-12-8-7-11-21(22)17-29(24(23)20-9-5-4-6-10-20)25(27(31)33-2)26(30)28(32)34-3/h4-17H,1-3H3/p+1. The van der Waals surface area contributed by atoms with Gasteiger partial charge < -0.3 is 14.6 Å². The molecule has 3 aromatic carbocycles. The van der Waals surface area contributed by atoms with Crippen LogP contribution in [0.25, 0.3) is 38.9 Å². The van der Waals surface area contributed by atoms with Gasteiger partial charge in [0.25, 0.3) is 5.76 Å². The highest BCUT2D eigenvalue weighted by atomic mass is 16.5. The third-order valence-electron chi connectivity index (χ3n) is 5.59. The number of fused-ring (bicyclic) bond motifs is 1. The molecule has 1 aromatic heterocycles. The Labute approximate surface area is 197 Å². The van der Waals surface area contributed by atoms with Gasteiger partial charge in [-0.25, -0.2) is 9.59 Å². The van der Waals surface area contributed by atoms with Crippen molar-refractivity contribution < 1.29 is 28.7 Å². The Balaban J connectivity index is 2.24. The summed E-state index contributed by atoms with van der Waals surface area (Å²) in [6, 6.07) is 25.3. The molecular weight excluding hydrogens is 430 g/mol. The number of methoxy groups -OCH3 is 2. The third-order valence-corrected chi connectivity index (χ3v) is 5.59. The maximum atomic E-state index is 12.9. The number of carbonyl (C=O) groups is 2. The lowest BCUT2D eigenvalue weighted by atomic mass is 9.93. The Morgan fingerprint density at radius 2 is 1.38 bits per heavy atom. The average molecular weight is 455 g/mol. The predicted octanol–water partition coefficient (Wildman–Crippen LogP) is 4.84. The number of carbonyl (C=O) groups excluding carboxylic acids is 2. The number of aliphatic hydroxyl groups is 1. The zero-order valence-corrected chi connectivity index (χ0v) is 19.1. The van der Waals surface area contributed by atoms with Crippen LogP contribution in [0.15, 0.2) is 90.8 Å². The molecular formula is C28H24NO5+. The number of benzene rings is 3. The van der Waals surface area contributed by atoms with E-state index < -0.39 is 17.7 Å². The number of ether oxygens (including phenoxy) is 2. The fourth-order valence-electron chi connectivity index (χ4n) is 3.96. The average Bonchev–Trinajstić information content (AvgIpc) is 2.88. The minimum atomic E-state index is -1.04. The molecule has 1 N–H and O–H groups in total. The van der Waals surface area contributed by atoms with E-state index in [2.05, 4.69) is 0 Å². The van der Waals surface area contributed by atoms with Crippen molar-refractivity contribution in [2.75, 3.05) is 14.2 Å². The van der Waals surface area contributed by atoms with Crippen LogP contribution in [0.2, 0.25) is 0 Å². The molecule has 4 aromatic rings. The van der Waals surface area contributed by atoms with Crippen molar-refractivity contribution in [2.45, 2.75) is 6.92 Å². The van der Waals surface area contributed by atoms with Crippen LogP contribution in [-0.4, -0.2) is 31.3 Å². The lowest BCUT2D eigenvalue weighted by Crippen LogP contribution is -2.41. The van der Waals surface area contributed by atoms with Crippen molar-refractivity contribution in [3.05, 3.63) is 96.4 Å². The first-order valence-electron chi connectivity index (χ1n) is 10.7. The van der Waals surface area contributed by atoms with Gasteiger partial charge in [-0.3, -0.25) is 0 Å². The summed E-state index contributed by atoms with van der Waals surface area (Å²) in [6.07, 6.45) is 1.71. The minimum Gasteiger partial charge on any atom is -0.497 e. The summed E-state index contributed by atoms with van der Waals surface area (Å²) < 4.78 is 11.2. The number of nitrogens with zero attached hydrogens (tertiary/aromatic N) is 1. The zero-order valence-electron chi connectivity index (χ0n) is 19.1. The van der Waals surface area contributed by atoms with Gasteiger partial charge >= 0.3 is 17.6 Å². The van der Waals surface area contributed by atoms with E-state index in [0.29, 0.717) is 5.69 Å². The van der Waals surface area contributed by atoms with Gasteiger partial charge in [0.15, 0.2) is 6.20 Å². The highest BCUT2D eigenvalue weighted by Crippen LogP contribution is 2.36. The topological polar surface area (TPSA) is 76.7 Å². The first kappa shape index (κ1) is 22.7. The van der Waals surface area contributed by atoms with E-state index in [0.717, 1.165) is 40.1 Å². The Morgan fingerprint density at radius 1 is 0.765 bits per heavy atom. The second-order valence-electron chi connectivity index (χ2n) is 7.72. The predicted molar refractivity (Wildman–Crippen MR) is 130 cm³/mol. The van der Waals surface area contributed by atoms with Crippen molar-refractivity contribution in [1.29, 1.82) is 0 Å². The maximum absolute atomic E-state index is 12.9. The number of hydrogen-bond acceptors (Lipinski definition) is 5. The van der Waals surface area contributed by atoms with E-state index in [1.165, 1.54) is 11.7 Å². The quantitative estimate of drug-likeness (QED) is 0.202. The molecule has 6 nitrogen and oxygen atoms in total. The number of esters is 2. The SMILES string of the molecule is COC(=O)/C(O)=C(\C(=O)OC)[n+]1cc2ccccc2c(-c2ccc(C)cc2)c1-c1ccccc1. The highest BCUT2D eigenvalue weighted by molar-refractivity contribution is 6.14. The summed E-state index contributed by atoms with van der Waals surface area (Å²) in [7, 11) is 2.33. The van der Waals surface area contributed by atoms with Crippen molar-refractivity contribution in [3.63, 3.8) is 0 Å². The first-order chi connectivity index (χ1) is 16.5. The van der Waals surface area contributed by atoms with E-state index in [4.69, 9.17) is 9.47 Å². The fourth-order valence-corrected chi connectivity index (χ4v) is 3.96. The van der Waals surface area contributed by atoms with Gasteiger partial charge in [0.2, 0.25) is 5.69 Å². The van der Waals surface area contributed by atoms with Crippen LogP contribution >= 0.6 is 0 Å². The summed E-state index contributed by atoms with van der Waals surface area (Å²) in [6.45, 7) is 2.01. The largest absolute Gasteiger partial charge is 0.497 e. The molecule has 6 heteroatoms. The van der Waals surface area contributed by atoms with Crippen LogP contribution in [0, 0.1) is 6.92 Å². The Kier molecular flexibility index (Phi) is 6.41. The molecule has 0 spiro atoms. The molecule has 4 rings (SSSR count). The van der Waals surface area contributed by atoms with E-state index in [-0.39, 0.29) is 5.70 Å². The number of aliphatic hydroxyl groups excluding tert-OH is 1. The first-order valence-corrected chi connectivity index (χ1v) is 10.7. The second-order valence-corrected chi connectivity index (χ2v) is 7.72. The summed E-state index contributed by atoms with van der Waals surface area (Å²) in [5, 5.41) is 12.5. The number of aryl methyl sites for hydroxylation is 1. The van der Waals surface area contributed by atoms with Gasteiger partial charge in [0.1, 0.15) is 0 Å². The molecule has 0 saturated carbocycles. The molecule has 34 heavy (non-hydrogen) atoms. The normalized spacial score (nSPS) is 11.6. The zero-order chi connectivity index (χ0) is 24.2. The van der Waals surface area contributed by atoms with Crippen LogP contribution < -0.4 is 4.57 Å². The molecule has 0 amide bonds. The lowest BCUT2D eigenvalue weighted by molar-refractivity contribution is -0.565. The van der Waals surface area contributed by atoms with Gasteiger partial charge in [-0.1, -0.05) is 66.2 Å². The Bertz CT molecular complexity index is 1410.